The Morgan fingerprint density at radius 1 is 1.23 bits per heavy atom. The molecule has 5 nitrogen and oxygen atoms in total. The topological polar surface area (TPSA) is 68.5 Å². The minimum absolute atomic E-state index is 0.445. The summed E-state index contributed by atoms with van der Waals surface area (Å²) in [6.45, 7) is 4.73. The van der Waals surface area contributed by atoms with E-state index in [1.54, 1.807) is 0 Å². The normalized spacial score (nSPS) is 14.9. The Morgan fingerprint density at radius 2 is 1.91 bits per heavy atom. The van der Waals surface area contributed by atoms with E-state index in [1.807, 2.05) is 43.3 Å². The second-order valence-electron chi connectivity index (χ2n) is 5.32. The number of nitrogens with zero attached hydrogens (tertiary/aromatic N) is 2. The highest BCUT2D eigenvalue weighted by molar-refractivity contribution is 5.96. The first-order valence-electron chi connectivity index (χ1n) is 7.36. The smallest absolute Gasteiger partial charge is 0.250 e. The van der Waals surface area contributed by atoms with Crippen molar-refractivity contribution in [3.63, 3.8) is 0 Å². The van der Waals surface area contributed by atoms with E-state index in [2.05, 4.69) is 9.88 Å². The number of nitrogens with two attached hydrogens (primary N) is 1. The fraction of sp³-hybridized carbons (Fsp3) is 0.294. The molecule has 1 aromatic carbocycles. The van der Waals surface area contributed by atoms with Gasteiger partial charge in [-0.25, -0.2) is 0 Å². The molecule has 3 rings (SSSR count). The number of benzene rings is 1. The molecule has 5 heteroatoms. The molecule has 0 radical (unpaired) electrons. The van der Waals surface area contributed by atoms with Crippen molar-refractivity contribution in [1.29, 1.82) is 0 Å². The predicted molar refractivity (Wildman–Crippen MR) is 86.0 cm³/mol. The second-order valence-corrected chi connectivity index (χ2v) is 5.32. The fourth-order valence-corrected chi connectivity index (χ4v) is 2.70. The molecule has 1 saturated heterocycles. The van der Waals surface area contributed by atoms with Gasteiger partial charge in [-0.2, -0.15) is 0 Å². The monoisotopic (exact) mass is 297 g/mol. The SMILES string of the molecule is Cc1nc(-c2ccccc2)c(N2CCOCC2)cc1C(N)=O. The van der Waals surface area contributed by atoms with Gasteiger partial charge in [-0.1, -0.05) is 30.3 Å². The first kappa shape index (κ1) is 14.5. The summed E-state index contributed by atoms with van der Waals surface area (Å²) in [7, 11) is 0. The number of carbonyl (C=O) groups excluding carboxylic acids is 1. The van der Waals surface area contributed by atoms with E-state index < -0.39 is 5.91 Å². The number of hydrogen-bond acceptors (Lipinski definition) is 4. The van der Waals surface area contributed by atoms with Crippen LogP contribution in [0, 0.1) is 6.92 Å². The third-order valence-electron chi connectivity index (χ3n) is 3.86. The van der Waals surface area contributed by atoms with Crippen LogP contribution < -0.4 is 10.6 Å². The Morgan fingerprint density at radius 3 is 2.55 bits per heavy atom. The maximum Gasteiger partial charge on any atom is 0.250 e. The number of ether oxygens (including phenoxy) is 1. The summed E-state index contributed by atoms with van der Waals surface area (Å²) in [4.78, 5) is 18.5. The van der Waals surface area contributed by atoms with Crippen LogP contribution in [-0.2, 0) is 4.74 Å². The third kappa shape index (κ3) is 2.80. The molecule has 0 unspecified atom stereocenters. The third-order valence-corrected chi connectivity index (χ3v) is 3.86. The van der Waals surface area contributed by atoms with Gasteiger partial charge in [-0.3, -0.25) is 9.78 Å². The minimum atomic E-state index is -0.445. The summed E-state index contributed by atoms with van der Waals surface area (Å²) < 4.78 is 5.41. The van der Waals surface area contributed by atoms with E-state index in [-0.39, 0.29) is 0 Å². The summed E-state index contributed by atoms with van der Waals surface area (Å²) >= 11 is 0. The number of pyridine rings is 1. The first-order chi connectivity index (χ1) is 10.7. The molecule has 1 aliphatic rings. The molecule has 1 aromatic heterocycles. The summed E-state index contributed by atoms with van der Waals surface area (Å²) in [5.74, 6) is -0.445. The van der Waals surface area contributed by atoms with Gasteiger partial charge in [-0.05, 0) is 13.0 Å². The Hall–Kier alpha value is -2.40. The van der Waals surface area contributed by atoms with E-state index in [9.17, 15) is 4.79 Å². The molecular formula is C17H19N3O2. The van der Waals surface area contributed by atoms with Gasteiger partial charge in [0.25, 0.3) is 5.91 Å². The van der Waals surface area contributed by atoms with Gasteiger partial charge >= 0.3 is 0 Å². The fourth-order valence-electron chi connectivity index (χ4n) is 2.70. The lowest BCUT2D eigenvalue weighted by atomic mass is 10.0. The van der Waals surface area contributed by atoms with Crippen LogP contribution in [0.1, 0.15) is 16.1 Å². The quantitative estimate of drug-likeness (QED) is 0.940. The average Bonchev–Trinajstić information content (AvgIpc) is 2.56. The number of primary amides is 1. The van der Waals surface area contributed by atoms with Crippen LogP contribution in [0.25, 0.3) is 11.3 Å². The number of rotatable bonds is 3. The number of carbonyl (C=O) groups is 1. The van der Waals surface area contributed by atoms with Gasteiger partial charge in [0.15, 0.2) is 0 Å². The standard InChI is InChI=1S/C17H19N3O2/c1-12-14(17(18)21)11-15(20-7-9-22-10-8-20)16(19-12)13-5-3-2-4-6-13/h2-6,11H,7-10H2,1H3,(H2,18,21). The molecule has 1 amide bonds. The molecule has 2 heterocycles. The largest absolute Gasteiger partial charge is 0.378 e. The van der Waals surface area contributed by atoms with E-state index in [0.29, 0.717) is 24.5 Å². The van der Waals surface area contributed by atoms with Crippen molar-refractivity contribution in [2.45, 2.75) is 6.92 Å². The molecule has 1 fully saturated rings. The Labute approximate surface area is 129 Å². The van der Waals surface area contributed by atoms with Crippen LogP contribution in [0.5, 0.6) is 0 Å². The number of anilines is 1. The van der Waals surface area contributed by atoms with Gasteiger partial charge in [0.2, 0.25) is 0 Å². The molecule has 0 bridgehead atoms. The number of aryl methyl sites for hydroxylation is 1. The van der Waals surface area contributed by atoms with Crippen LogP contribution in [0.4, 0.5) is 5.69 Å². The molecule has 2 N–H and O–H groups in total. The average molecular weight is 297 g/mol. The Kier molecular flexibility index (Phi) is 4.06. The summed E-state index contributed by atoms with van der Waals surface area (Å²) in [5, 5.41) is 0. The molecule has 2 aromatic rings. The first-order valence-corrected chi connectivity index (χ1v) is 7.36. The lowest BCUT2D eigenvalue weighted by molar-refractivity contribution is 0.0999. The van der Waals surface area contributed by atoms with Crippen LogP contribution in [0.2, 0.25) is 0 Å². The predicted octanol–water partition coefficient (Wildman–Crippen LogP) is 1.99. The van der Waals surface area contributed by atoms with Gasteiger partial charge < -0.3 is 15.4 Å². The molecule has 0 atom stereocenters. The maximum atomic E-state index is 11.6. The number of morpholine rings is 1. The summed E-state index contributed by atoms with van der Waals surface area (Å²) in [6, 6.07) is 11.8. The van der Waals surface area contributed by atoms with Crippen LogP contribution in [0.3, 0.4) is 0 Å². The lowest BCUT2D eigenvalue weighted by Crippen LogP contribution is -2.37. The van der Waals surface area contributed by atoms with E-state index in [4.69, 9.17) is 10.5 Å². The van der Waals surface area contributed by atoms with Gasteiger partial charge in [-0.15, -0.1) is 0 Å². The molecule has 0 spiro atoms. The van der Waals surface area contributed by atoms with E-state index >= 15 is 0 Å². The van der Waals surface area contributed by atoms with E-state index in [0.717, 1.165) is 30.0 Å². The highest BCUT2D eigenvalue weighted by Gasteiger charge is 2.20. The van der Waals surface area contributed by atoms with E-state index in [1.165, 1.54) is 0 Å². The Bertz CT molecular complexity index is 680. The minimum Gasteiger partial charge on any atom is -0.378 e. The van der Waals surface area contributed by atoms with Crippen molar-refractivity contribution >= 4 is 11.6 Å². The van der Waals surface area contributed by atoms with Crippen LogP contribution in [0.15, 0.2) is 36.4 Å². The van der Waals surface area contributed by atoms with Crippen molar-refractivity contribution in [3.05, 3.63) is 47.7 Å². The van der Waals surface area contributed by atoms with Gasteiger partial charge in [0.1, 0.15) is 0 Å². The molecule has 22 heavy (non-hydrogen) atoms. The molecular weight excluding hydrogens is 278 g/mol. The maximum absolute atomic E-state index is 11.6. The van der Waals surface area contributed by atoms with Crippen molar-refractivity contribution in [3.8, 4) is 11.3 Å². The van der Waals surface area contributed by atoms with Crippen LogP contribution in [-0.4, -0.2) is 37.2 Å². The number of amides is 1. The number of hydrogen-bond donors (Lipinski definition) is 1. The zero-order valence-corrected chi connectivity index (χ0v) is 12.6. The summed E-state index contributed by atoms with van der Waals surface area (Å²) in [6.07, 6.45) is 0. The number of aromatic nitrogens is 1. The van der Waals surface area contributed by atoms with Crippen LogP contribution >= 0.6 is 0 Å². The van der Waals surface area contributed by atoms with Gasteiger partial charge in [0.05, 0.1) is 35.9 Å². The molecule has 0 saturated carbocycles. The second kappa shape index (κ2) is 6.15. The van der Waals surface area contributed by atoms with Crippen molar-refractivity contribution in [2.24, 2.45) is 5.73 Å². The Balaban J connectivity index is 2.14. The lowest BCUT2D eigenvalue weighted by Gasteiger charge is -2.30. The zero-order valence-electron chi connectivity index (χ0n) is 12.6. The van der Waals surface area contributed by atoms with Crippen molar-refractivity contribution in [2.75, 3.05) is 31.2 Å². The summed E-state index contributed by atoms with van der Waals surface area (Å²) in [5.41, 5.74) is 9.46. The molecule has 0 aliphatic carbocycles. The zero-order chi connectivity index (χ0) is 15.5. The molecule has 1 aliphatic heterocycles. The van der Waals surface area contributed by atoms with Crippen molar-refractivity contribution < 1.29 is 9.53 Å². The highest BCUT2D eigenvalue weighted by atomic mass is 16.5. The highest BCUT2D eigenvalue weighted by Crippen LogP contribution is 2.31. The van der Waals surface area contributed by atoms with Gasteiger partial charge in [0, 0.05) is 18.7 Å². The van der Waals surface area contributed by atoms with Crippen molar-refractivity contribution in [1.82, 2.24) is 4.98 Å². The molecule has 114 valence electrons.